The van der Waals surface area contributed by atoms with E-state index in [-0.39, 0.29) is 0 Å². The first kappa shape index (κ1) is 22.6. The number of hydrogen-bond donors (Lipinski definition) is 2. The molecule has 0 radical (unpaired) electrons. The van der Waals surface area contributed by atoms with E-state index in [2.05, 4.69) is 24.0 Å². The average Bonchev–Trinajstić information content (AvgIpc) is 2.55. The lowest BCUT2D eigenvalue weighted by molar-refractivity contribution is 0.282. The molecule has 0 aromatic heterocycles. The van der Waals surface area contributed by atoms with Gasteiger partial charge in [-0.15, -0.1) is 0 Å². The molecule has 0 heterocycles. The Morgan fingerprint density at radius 2 is 1.09 bits per heavy atom. The zero-order valence-corrected chi connectivity index (χ0v) is 15.8. The highest BCUT2D eigenvalue weighted by atomic mass is 15.1. The van der Waals surface area contributed by atoms with Gasteiger partial charge in [-0.05, 0) is 38.6 Å². The standard InChI is InChI=1S/C20H43N3/c1-2-3-4-5-6-7-8-9-10-11-12-13-14-15-18-23(19-16-21)20-17-22/h10-11H,2-9,12-22H2,1H3/b11-10+. The molecule has 0 fully saturated rings. The molecule has 0 unspecified atom stereocenters. The Hall–Kier alpha value is -0.380. The third kappa shape index (κ3) is 17.8. The summed E-state index contributed by atoms with van der Waals surface area (Å²) in [5.41, 5.74) is 11.2. The SMILES string of the molecule is CCCCCCCCC/C=C/CCCCCN(CCN)CCN. The van der Waals surface area contributed by atoms with Gasteiger partial charge in [0, 0.05) is 26.2 Å². The minimum atomic E-state index is 0.737. The van der Waals surface area contributed by atoms with Crippen LogP contribution in [0.2, 0.25) is 0 Å². The summed E-state index contributed by atoms with van der Waals surface area (Å²) < 4.78 is 0. The van der Waals surface area contributed by atoms with Crippen molar-refractivity contribution in [1.82, 2.24) is 4.90 Å². The first-order valence-corrected chi connectivity index (χ1v) is 10.1. The van der Waals surface area contributed by atoms with Gasteiger partial charge in [0.15, 0.2) is 0 Å². The van der Waals surface area contributed by atoms with Crippen molar-refractivity contribution < 1.29 is 0 Å². The second-order valence-electron chi connectivity index (χ2n) is 6.65. The zero-order valence-electron chi connectivity index (χ0n) is 15.8. The fraction of sp³-hybridized carbons (Fsp3) is 0.900. The summed E-state index contributed by atoms with van der Waals surface area (Å²) in [6, 6.07) is 0. The monoisotopic (exact) mass is 325 g/mol. The summed E-state index contributed by atoms with van der Waals surface area (Å²) in [5, 5.41) is 0. The fourth-order valence-electron chi connectivity index (χ4n) is 2.93. The molecule has 138 valence electrons. The van der Waals surface area contributed by atoms with E-state index in [0.29, 0.717) is 0 Å². The third-order valence-corrected chi connectivity index (χ3v) is 4.38. The lowest BCUT2D eigenvalue weighted by Gasteiger charge is -2.20. The van der Waals surface area contributed by atoms with E-state index < -0.39 is 0 Å². The summed E-state index contributed by atoms with van der Waals surface area (Å²) >= 11 is 0. The van der Waals surface area contributed by atoms with Crippen LogP contribution in [0.15, 0.2) is 12.2 Å². The first-order chi connectivity index (χ1) is 11.3. The van der Waals surface area contributed by atoms with Crippen LogP contribution in [0, 0.1) is 0 Å². The van der Waals surface area contributed by atoms with Crippen LogP contribution >= 0.6 is 0 Å². The first-order valence-electron chi connectivity index (χ1n) is 10.1. The number of unbranched alkanes of at least 4 members (excludes halogenated alkanes) is 10. The average molecular weight is 326 g/mol. The quantitative estimate of drug-likeness (QED) is 0.289. The van der Waals surface area contributed by atoms with Crippen molar-refractivity contribution in [2.24, 2.45) is 11.5 Å². The van der Waals surface area contributed by atoms with E-state index in [1.807, 2.05) is 0 Å². The second-order valence-corrected chi connectivity index (χ2v) is 6.65. The molecule has 0 saturated heterocycles. The number of nitrogens with two attached hydrogens (primary N) is 2. The van der Waals surface area contributed by atoms with Gasteiger partial charge in [0.25, 0.3) is 0 Å². The van der Waals surface area contributed by atoms with Gasteiger partial charge in [-0.2, -0.15) is 0 Å². The number of rotatable bonds is 18. The predicted molar refractivity (Wildman–Crippen MR) is 105 cm³/mol. The number of nitrogens with zero attached hydrogens (tertiary/aromatic N) is 1. The molecule has 0 saturated carbocycles. The van der Waals surface area contributed by atoms with E-state index in [4.69, 9.17) is 11.5 Å². The topological polar surface area (TPSA) is 55.3 Å². The number of hydrogen-bond acceptors (Lipinski definition) is 3. The molecular formula is C20H43N3. The minimum Gasteiger partial charge on any atom is -0.329 e. The maximum absolute atomic E-state index is 5.62. The Morgan fingerprint density at radius 1 is 0.609 bits per heavy atom. The maximum atomic E-state index is 5.62. The van der Waals surface area contributed by atoms with Crippen LogP contribution in [0.5, 0.6) is 0 Å². The molecular weight excluding hydrogens is 282 g/mol. The Kier molecular flexibility index (Phi) is 19.3. The molecule has 0 aliphatic rings. The van der Waals surface area contributed by atoms with E-state index >= 15 is 0 Å². The van der Waals surface area contributed by atoms with Gasteiger partial charge in [0.1, 0.15) is 0 Å². The molecule has 0 rings (SSSR count). The number of allylic oxidation sites excluding steroid dienone is 2. The molecule has 4 N–H and O–H groups in total. The van der Waals surface area contributed by atoms with Crippen molar-refractivity contribution in [1.29, 1.82) is 0 Å². The fourth-order valence-corrected chi connectivity index (χ4v) is 2.93. The Labute approximate surface area is 145 Å². The zero-order chi connectivity index (χ0) is 17.0. The molecule has 0 aliphatic carbocycles. The molecule has 3 heteroatoms. The van der Waals surface area contributed by atoms with E-state index in [9.17, 15) is 0 Å². The van der Waals surface area contributed by atoms with Crippen molar-refractivity contribution in [3.63, 3.8) is 0 Å². The van der Waals surface area contributed by atoms with Crippen molar-refractivity contribution in [2.45, 2.75) is 84.0 Å². The van der Waals surface area contributed by atoms with Crippen molar-refractivity contribution in [3.05, 3.63) is 12.2 Å². The highest BCUT2D eigenvalue weighted by Crippen LogP contribution is 2.09. The van der Waals surface area contributed by atoms with Gasteiger partial charge in [0.05, 0.1) is 0 Å². The highest BCUT2D eigenvalue weighted by molar-refractivity contribution is 4.81. The third-order valence-electron chi connectivity index (χ3n) is 4.38. The van der Waals surface area contributed by atoms with Gasteiger partial charge < -0.3 is 16.4 Å². The summed E-state index contributed by atoms with van der Waals surface area (Å²) in [5.74, 6) is 0. The largest absolute Gasteiger partial charge is 0.329 e. The van der Waals surface area contributed by atoms with Crippen LogP contribution in [0.4, 0.5) is 0 Å². The van der Waals surface area contributed by atoms with Crippen LogP contribution in [0.1, 0.15) is 84.0 Å². The molecule has 0 atom stereocenters. The smallest absolute Gasteiger partial charge is 0.0105 e. The molecule has 0 amide bonds. The van der Waals surface area contributed by atoms with Gasteiger partial charge in [0.2, 0.25) is 0 Å². The lowest BCUT2D eigenvalue weighted by Crippen LogP contribution is -2.34. The molecule has 0 aromatic rings. The molecule has 0 bridgehead atoms. The Morgan fingerprint density at radius 3 is 1.61 bits per heavy atom. The molecule has 23 heavy (non-hydrogen) atoms. The summed E-state index contributed by atoms with van der Waals surface area (Å²) in [6.45, 7) is 6.87. The van der Waals surface area contributed by atoms with Crippen molar-refractivity contribution in [2.75, 3.05) is 32.7 Å². The molecule has 0 aromatic carbocycles. The predicted octanol–water partition coefficient (Wildman–Crippen LogP) is 4.46. The molecule has 0 aliphatic heterocycles. The molecule has 3 nitrogen and oxygen atoms in total. The van der Waals surface area contributed by atoms with Crippen LogP contribution < -0.4 is 11.5 Å². The minimum absolute atomic E-state index is 0.737. The summed E-state index contributed by atoms with van der Waals surface area (Å²) in [4.78, 5) is 2.39. The van der Waals surface area contributed by atoms with E-state index in [0.717, 1.165) is 32.7 Å². The summed E-state index contributed by atoms with van der Waals surface area (Å²) in [7, 11) is 0. The van der Waals surface area contributed by atoms with Crippen LogP contribution in [-0.2, 0) is 0 Å². The van der Waals surface area contributed by atoms with Gasteiger partial charge >= 0.3 is 0 Å². The van der Waals surface area contributed by atoms with Gasteiger partial charge in [-0.3, -0.25) is 0 Å². The van der Waals surface area contributed by atoms with Crippen LogP contribution in [0.25, 0.3) is 0 Å². The van der Waals surface area contributed by atoms with E-state index in [1.54, 1.807) is 0 Å². The normalized spacial score (nSPS) is 11.8. The van der Waals surface area contributed by atoms with Crippen molar-refractivity contribution in [3.8, 4) is 0 Å². The second kappa shape index (κ2) is 19.7. The lowest BCUT2D eigenvalue weighted by atomic mass is 10.1. The highest BCUT2D eigenvalue weighted by Gasteiger charge is 2.01. The summed E-state index contributed by atoms with van der Waals surface area (Å²) in [6.07, 6.45) is 21.0. The van der Waals surface area contributed by atoms with E-state index in [1.165, 1.54) is 77.0 Å². The molecule has 0 spiro atoms. The van der Waals surface area contributed by atoms with Gasteiger partial charge in [-0.1, -0.05) is 64.0 Å². The van der Waals surface area contributed by atoms with Crippen LogP contribution in [0.3, 0.4) is 0 Å². The van der Waals surface area contributed by atoms with Crippen LogP contribution in [-0.4, -0.2) is 37.6 Å². The van der Waals surface area contributed by atoms with Crippen molar-refractivity contribution >= 4 is 0 Å². The Bertz CT molecular complexity index is 235. The van der Waals surface area contributed by atoms with Gasteiger partial charge in [-0.25, -0.2) is 0 Å². The Balaban J connectivity index is 3.27. The maximum Gasteiger partial charge on any atom is 0.0105 e.